The zero-order valence-corrected chi connectivity index (χ0v) is 11.1. The number of benzene rings is 1. The molecule has 1 aromatic carbocycles. The quantitative estimate of drug-likeness (QED) is 0.752. The molecule has 1 amide bonds. The molecule has 0 saturated carbocycles. The van der Waals surface area contributed by atoms with Crippen LogP contribution in [0, 0.1) is 0 Å². The third kappa shape index (κ3) is 3.96. The largest absolute Gasteiger partial charge is 0.350 e. The van der Waals surface area contributed by atoms with Crippen molar-refractivity contribution in [3.63, 3.8) is 0 Å². The number of carbonyl (C=O) groups is 2. The van der Waals surface area contributed by atoms with Crippen molar-refractivity contribution < 1.29 is 9.59 Å². The van der Waals surface area contributed by atoms with E-state index in [2.05, 4.69) is 10.6 Å². The fourth-order valence-electron chi connectivity index (χ4n) is 1.46. The van der Waals surface area contributed by atoms with Crippen molar-refractivity contribution in [2.75, 3.05) is 13.6 Å². The number of Topliss-reactive ketones (excluding diaryl/α,β-unsaturated/α-hetero) is 1. The maximum atomic E-state index is 11.8. The van der Waals surface area contributed by atoms with Crippen LogP contribution in [0.15, 0.2) is 24.3 Å². The summed E-state index contributed by atoms with van der Waals surface area (Å²) in [6, 6.07) is 6.99. The second-order valence-electron chi connectivity index (χ2n) is 4.25. The van der Waals surface area contributed by atoms with Crippen molar-refractivity contribution >= 4 is 11.7 Å². The number of hydrogen-bond donors (Lipinski definition) is 2. The number of likely N-dealkylation sites (N-methyl/N-ethyl adjacent to an activating group) is 1. The van der Waals surface area contributed by atoms with Crippen molar-refractivity contribution in [3.05, 3.63) is 35.4 Å². The summed E-state index contributed by atoms with van der Waals surface area (Å²) in [7, 11) is 1.85. The molecule has 0 aliphatic rings. The summed E-state index contributed by atoms with van der Waals surface area (Å²) >= 11 is 0. The number of nitrogens with one attached hydrogen (secondary N) is 2. The highest BCUT2D eigenvalue weighted by Crippen LogP contribution is 2.06. The maximum Gasteiger partial charge on any atom is 0.251 e. The van der Waals surface area contributed by atoms with Crippen molar-refractivity contribution in [2.24, 2.45) is 0 Å². The fourth-order valence-corrected chi connectivity index (χ4v) is 1.46. The van der Waals surface area contributed by atoms with Crippen LogP contribution in [0.1, 0.15) is 41.0 Å². The monoisotopic (exact) mass is 248 g/mol. The van der Waals surface area contributed by atoms with E-state index in [1.807, 2.05) is 20.9 Å². The SMILES string of the molecule is CCC(=O)c1ccc(C(=O)NCC(C)NC)cc1. The third-order valence-electron chi connectivity index (χ3n) is 2.85. The molecular weight excluding hydrogens is 228 g/mol. The van der Waals surface area contributed by atoms with Gasteiger partial charge in [-0.1, -0.05) is 19.1 Å². The Hall–Kier alpha value is -1.68. The fraction of sp³-hybridized carbons (Fsp3) is 0.429. The molecule has 0 heterocycles. The van der Waals surface area contributed by atoms with Crippen molar-refractivity contribution in [1.82, 2.24) is 10.6 Å². The molecule has 0 radical (unpaired) electrons. The van der Waals surface area contributed by atoms with Crippen LogP contribution < -0.4 is 10.6 Å². The number of hydrogen-bond acceptors (Lipinski definition) is 3. The van der Waals surface area contributed by atoms with E-state index in [1.165, 1.54) is 0 Å². The highest BCUT2D eigenvalue weighted by atomic mass is 16.1. The molecule has 1 aromatic rings. The average molecular weight is 248 g/mol. The zero-order chi connectivity index (χ0) is 13.5. The van der Waals surface area contributed by atoms with Crippen LogP contribution in [-0.4, -0.2) is 31.3 Å². The van der Waals surface area contributed by atoms with Gasteiger partial charge in [0, 0.05) is 30.1 Å². The maximum absolute atomic E-state index is 11.8. The molecule has 0 saturated heterocycles. The first-order chi connectivity index (χ1) is 8.58. The Morgan fingerprint density at radius 1 is 1.17 bits per heavy atom. The molecule has 2 N–H and O–H groups in total. The lowest BCUT2D eigenvalue weighted by molar-refractivity contribution is 0.0947. The van der Waals surface area contributed by atoms with Gasteiger partial charge in [-0.2, -0.15) is 0 Å². The van der Waals surface area contributed by atoms with E-state index >= 15 is 0 Å². The van der Waals surface area contributed by atoms with Gasteiger partial charge in [0.2, 0.25) is 0 Å². The lowest BCUT2D eigenvalue weighted by Crippen LogP contribution is -2.37. The minimum Gasteiger partial charge on any atom is -0.350 e. The Labute approximate surface area is 108 Å². The summed E-state index contributed by atoms with van der Waals surface area (Å²) in [4.78, 5) is 23.2. The minimum absolute atomic E-state index is 0.0887. The Kier molecular flexibility index (Phi) is 5.52. The van der Waals surface area contributed by atoms with Gasteiger partial charge in [-0.15, -0.1) is 0 Å². The van der Waals surface area contributed by atoms with Gasteiger partial charge in [0.1, 0.15) is 0 Å². The van der Waals surface area contributed by atoms with Gasteiger partial charge in [0.25, 0.3) is 5.91 Å². The summed E-state index contributed by atoms with van der Waals surface area (Å²) in [6.45, 7) is 4.39. The first-order valence-electron chi connectivity index (χ1n) is 6.17. The summed E-state index contributed by atoms with van der Waals surface area (Å²) < 4.78 is 0. The lowest BCUT2D eigenvalue weighted by atomic mass is 10.1. The Balaban J connectivity index is 2.62. The second-order valence-corrected chi connectivity index (χ2v) is 4.25. The number of ketones is 1. The molecule has 0 spiro atoms. The molecule has 1 atom stereocenters. The third-order valence-corrected chi connectivity index (χ3v) is 2.85. The molecule has 0 aliphatic heterocycles. The van der Waals surface area contributed by atoms with Crippen LogP contribution in [0.25, 0.3) is 0 Å². The predicted octanol–water partition coefficient (Wildman–Crippen LogP) is 1.62. The average Bonchev–Trinajstić information content (AvgIpc) is 2.43. The zero-order valence-electron chi connectivity index (χ0n) is 11.1. The van der Waals surface area contributed by atoms with E-state index < -0.39 is 0 Å². The molecule has 1 rings (SSSR count). The molecule has 0 fully saturated rings. The van der Waals surface area contributed by atoms with Gasteiger partial charge in [0.05, 0.1) is 0 Å². The number of carbonyl (C=O) groups excluding carboxylic acids is 2. The molecule has 0 aromatic heterocycles. The highest BCUT2D eigenvalue weighted by Gasteiger charge is 2.08. The molecule has 4 heteroatoms. The molecule has 0 aliphatic carbocycles. The van der Waals surface area contributed by atoms with Crippen LogP contribution in [0.3, 0.4) is 0 Å². The Morgan fingerprint density at radius 2 is 1.72 bits per heavy atom. The van der Waals surface area contributed by atoms with E-state index in [4.69, 9.17) is 0 Å². The minimum atomic E-state index is -0.118. The summed E-state index contributed by atoms with van der Waals surface area (Å²) in [5.74, 6) is -0.0293. The van der Waals surface area contributed by atoms with E-state index in [0.717, 1.165) is 0 Å². The number of rotatable bonds is 6. The standard InChI is InChI=1S/C14H20N2O2/c1-4-13(17)11-5-7-12(8-6-11)14(18)16-9-10(2)15-3/h5-8,10,15H,4,9H2,1-3H3,(H,16,18). The van der Waals surface area contributed by atoms with Crippen molar-refractivity contribution in [2.45, 2.75) is 26.3 Å². The van der Waals surface area contributed by atoms with Gasteiger partial charge in [-0.05, 0) is 26.1 Å². The van der Waals surface area contributed by atoms with Crippen LogP contribution in [0.4, 0.5) is 0 Å². The highest BCUT2D eigenvalue weighted by molar-refractivity contribution is 5.98. The van der Waals surface area contributed by atoms with Gasteiger partial charge in [-0.3, -0.25) is 9.59 Å². The predicted molar refractivity (Wildman–Crippen MR) is 71.9 cm³/mol. The first kappa shape index (κ1) is 14.4. The molecule has 4 nitrogen and oxygen atoms in total. The van der Waals surface area contributed by atoms with E-state index in [1.54, 1.807) is 24.3 Å². The topological polar surface area (TPSA) is 58.2 Å². The van der Waals surface area contributed by atoms with Crippen LogP contribution in [0.5, 0.6) is 0 Å². The summed E-state index contributed by atoms with van der Waals surface area (Å²) in [6.07, 6.45) is 0.477. The smallest absolute Gasteiger partial charge is 0.251 e. The van der Waals surface area contributed by atoms with Gasteiger partial charge >= 0.3 is 0 Å². The number of amides is 1. The second kappa shape index (κ2) is 6.91. The molecule has 18 heavy (non-hydrogen) atoms. The molecular formula is C14H20N2O2. The lowest BCUT2D eigenvalue weighted by Gasteiger charge is -2.11. The molecule has 98 valence electrons. The summed E-state index contributed by atoms with van der Waals surface area (Å²) in [5, 5.41) is 5.87. The molecule has 0 bridgehead atoms. The Morgan fingerprint density at radius 3 is 2.22 bits per heavy atom. The normalized spacial score (nSPS) is 11.9. The van der Waals surface area contributed by atoms with E-state index in [9.17, 15) is 9.59 Å². The summed E-state index contributed by atoms with van der Waals surface area (Å²) in [5.41, 5.74) is 1.23. The van der Waals surface area contributed by atoms with Gasteiger partial charge in [-0.25, -0.2) is 0 Å². The molecule has 1 unspecified atom stereocenters. The van der Waals surface area contributed by atoms with Crippen LogP contribution in [0.2, 0.25) is 0 Å². The first-order valence-corrected chi connectivity index (χ1v) is 6.17. The Bertz CT molecular complexity index is 412. The van der Waals surface area contributed by atoms with Gasteiger partial charge < -0.3 is 10.6 Å². The van der Waals surface area contributed by atoms with E-state index in [-0.39, 0.29) is 17.7 Å². The van der Waals surface area contributed by atoms with E-state index in [0.29, 0.717) is 24.1 Å². The van der Waals surface area contributed by atoms with Crippen molar-refractivity contribution in [3.8, 4) is 0 Å². The van der Waals surface area contributed by atoms with Crippen molar-refractivity contribution in [1.29, 1.82) is 0 Å². The van der Waals surface area contributed by atoms with Gasteiger partial charge in [0.15, 0.2) is 5.78 Å². The van der Waals surface area contributed by atoms with Crippen LogP contribution >= 0.6 is 0 Å². The van der Waals surface area contributed by atoms with Crippen LogP contribution in [-0.2, 0) is 0 Å².